The van der Waals surface area contributed by atoms with Gasteiger partial charge in [0.25, 0.3) is 5.89 Å². The number of aryl methyl sites for hydroxylation is 1. The van der Waals surface area contributed by atoms with Crippen LogP contribution in [-0.4, -0.2) is 63.7 Å². The zero-order chi connectivity index (χ0) is 24.2. The van der Waals surface area contributed by atoms with Crippen molar-refractivity contribution in [2.45, 2.75) is 46.7 Å². The molecule has 1 aliphatic rings. The molecule has 3 aromatic rings. The summed E-state index contributed by atoms with van der Waals surface area (Å²) < 4.78 is 5.99. The minimum absolute atomic E-state index is 0. The number of hydrogen-bond donors (Lipinski definition) is 1. The van der Waals surface area contributed by atoms with Gasteiger partial charge in [-0.2, -0.15) is 0 Å². The highest BCUT2D eigenvalue weighted by Crippen LogP contribution is 2.28. The molecule has 0 saturated carbocycles. The number of rotatable bonds is 7. The quantitative estimate of drug-likeness (QED) is 0.565. The highest BCUT2D eigenvalue weighted by Gasteiger charge is 2.32. The molecule has 1 amide bonds. The van der Waals surface area contributed by atoms with E-state index in [9.17, 15) is 4.79 Å². The van der Waals surface area contributed by atoms with Gasteiger partial charge in [0.05, 0.1) is 17.9 Å². The van der Waals surface area contributed by atoms with Crippen molar-refractivity contribution in [2.24, 2.45) is 5.92 Å². The van der Waals surface area contributed by atoms with Gasteiger partial charge in [0.15, 0.2) is 5.69 Å². The molecule has 1 aliphatic heterocycles. The number of nitrogens with zero attached hydrogens (tertiary/aromatic N) is 6. The van der Waals surface area contributed by atoms with Gasteiger partial charge in [-0.3, -0.25) is 9.78 Å². The Morgan fingerprint density at radius 2 is 1.94 bits per heavy atom. The number of carbonyl (C=O) groups is 1. The van der Waals surface area contributed by atoms with Crippen LogP contribution in [0.25, 0.3) is 23.0 Å². The van der Waals surface area contributed by atoms with Crippen LogP contribution in [0.4, 0.5) is 5.82 Å². The Morgan fingerprint density at radius 3 is 2.62 bits per heavy atom. The molecular formula is C25H35N7O2. The SMILES string of the molecule is CCC(=O)N1CCN(c2cnc(C)c(-c3nnc(-c4ccc(CNC)cc4)o3)n2)C[C@H]1C(C)C.[HH]. The molecule has 2 aromatic heterocycles. The van der Waals surface area contributed by atoms with Crippen LogP contribution in [-0.2, 0) is 11.3 Å². The third-order valence-corrected chi connectivity index (χ3v) is 6.29. The van der Waals surface area contributed by atoms with Crippen molar-refractivity contribution in [1.82, 2.24) is 30.4 Å². The molecule has 34 heavy (non-hydrogen) atoms. The number of amides is 1. The van der Waals surface area contributed by atoms with Gasteiger partial charge in [-0.15, -0.1) is 10.2 Å². The lowest BCUT2D eigenvalue weighted by molar-refractivity contribution is -0.134. The number of piperazine rings is 1. The predicted octanol–water partition coefficient (Wildman–Crippen LogP) is 3.55. The maximum absolute atomic E-state index is 12.4. The summed E-state index contributed by atoms with van der Waals surface area (Å²) >= 11 is 0. The first-order chi connectivity index (χ1) is 16.4. The van der Waals surface area contributed by atoms with E-state index in [2.05, 4.69) is 39.2 Å². The van der Waals surface area contributed by atoms with E-state index in [1.807, 2.05) is 50.1 Å². The Kier molecular flexibility index (Phi) is 7.21. The van der Waals surface area contributed by atoms with Gasteiger partial charge in [0, 0.05) is 39.6 Å². The van der Waals surface area contributed by atoms with Crippen molar-refractivity contribution in [3.63, 3.8) is 0 Å². The summed E-state index contributed by atoms with van der Waals surface area (Å²) in [5, 5.41) is 11.6. The zero-order valence-corrected chi connectivity index (χ0v) is 20.6. The van der Waals surface area contributed by atoms with Gasteiger partial charge in [0.2, 0.25) is 11.8 Å². The highest BCUT2D eigenvalue weighted by molar-refractivity contribution is 5.76. The number of anilines is 1. The summed E-state index contributed by atoms with van der Waals surface area (Å²) in [6.45, 7) is 11.0. The maximum Gasteiger partial charge on any atom is 0.268 e. The Labute approximate surface area is 202 Å². The average molecular weight is 466 g/mol. The van der Waals surface area contributed by atoms with Crippen molar-refractivity contribution in [3.8, 4) is 23.0 Å². The molecule has 0 spiro atoms. The number of hydrogen-bond acceptors (Lipinski definition) is 8. The second kappa shape index (κ2) is 10.3. The van der Waals surface area contributed by atoms with Crippen molar-refractivity contribution in [1.29, 1.82) is 0 Å². The lowest BCUT2D eigenvalue weighted by Crippen LogP contribution is -2.57. The molecule has 3 heterocycles. The first-order valence-electron chi connectivity index (χ1n) is 11.9. The summed E-state index contributed by atoms with van der Waals surface area (Å²) in [6.07, 6.45) is 2.31. The topological polar surface area (TPSA) is 100 Å². The van der Waals surface area contributed by atoms with Crippen LogP contribution in [0.5, 0.6) is 0 Å². The van der Waals surface area contributed by atoms with E-state index in [4.69, 9.17) is 9.40 Å². The molecule has 0 aliphatic carbocycles. The van der Waals surface area contributed by atoms with Crippen LogP contribution in [0.15, 0.2) is 34.9 Å². The van der Waals surface area contributed by atoms with E-state index in [1.165, 1.54) is 5.56 Å². The van der Waals surface area contributed by atoms with Gasteiger partial charge in [0.1, 0.15) is 5.82 Å². The summed E-state index contributed by atoms with van der Waals surface area (Å²) in [5.74, 6) is 2.09. The van der Waals surface area contributed by atoms with Crippen molar-refractivity contribution in [3.05, 3.63) is 41.7 Å². The van der Waals surface area contributed by atoms with Crippen LogP contribution < -0.4 is 10.2 Å². The fourth-order valence-electron chi connectivity index (χ4n) is 4.30. The second-order valence-corrected chi connectivity index (χ2v) is 9.00. The lowest BCUT2D eigenvalue weighted by Gasteiger charge is -2.43. The lowest BCUT2D eigenvalue weighted by atomic mass is 9.99. The van der Waals surface area contributed by atoms with Crippen molar-refractivity contribution >= 4 is 11.7 Å². The Bertz CT molecular complexity index is 1130. The van der Waals surface area contributed by atoms with E-state index in [0.29, 0.717) is 49.4 Å². The summed E-state index contributed by atoms with van der Waals surface area (Å²) in [6, 6.07) is 8.16. The Balaban J connectivity index is 0.00000342. The molecule has 0 unspecified atom stereocenters. The molecule has 4 rings (SSSR count). The summed E-state index contributed by atoms with van der Waals surface area (Å²) in [4.78, 5) is 26.0. The fourth-order valence-corrected chi connectivity index (χ4v) is 4.30. The first-order valence-corrected chi connectivity index (χ1v) is 11.9. The third kappa shape index (κ3) is 4.94. The fraction of sp³-hybridized carbons (Fsp3) is 0.480. The minimum Gasteiger partial charge on any atom is -0.415 e. The van der Waals surface area contributed by atoms with E-state index in [-0.39, 0.29) is 13.4 Å². The average Bonchev–Trinajstić information content (AvgIpc) is 3.34. The van der Waals surface area contributed by atoms with Crippen LogP contribution in [0.1, 0.15) is 39.9 Å². The Morgan fingerprint density at radius 1 is 1.21 bits per heavy atom. The molecule has 1 atom stereocenters. The van der Waals surface area contributed by atoms with Gasteiger partial charge in [-0.25, -0.2) is 4.98 Å². The number of aromatic nitrogens is 4. The number of carbonyl (C=O) groups excluding carboxylic acids is 1. The minimum atomic E-state index is 0. The summed E-state index contributed by atoms with van der Waals surface area (Å²) in [5.41, 5.74) is 3.34. The van der Waals surface area contributed by atoms with Crippen LogP contribution in [0, 0.1) is 12.8 Å². The third-order valence-electron chi connectivity index (χ3n) is 6.29. The van der Waals surface area contributed by atoms with Gasteiger partial charge >= 0.3 is 0 Å². The van der Waals surface area contributed by atoms with Crippen LogP contribution in [0.2, 0.25) is 0 Å². The van der Waals surface area contributed by atoms with Crippen LogP contribution >= 0.6 is 0 Å². The largest absolute Gasteiger partial charge is 0.415 e. The molecule has 9 nitrogen and oxygen atoms in total. The molecule has 9 heteroatoms. The smallest absolute Gasteiger partial charge is 0.268 e. The van der Waals surface area contributed by atoms with Gasteiger partial charge in [-0.1, -0.05) is 32.9 Å². The summed E-state index contributed by atoms with van der Waals surface area (Å²) in [7, 11) is 1.92. The maximum atomic E-state index is 12.4. The normalized spacial score (nSPS) is 16.4. The molecule has 1 N–H and O–H groups in total. The number of benzene rings is 1. The molecule has 182 valence electrons. The van der Waals surface area contributed by atoms with E-state index in [1.54, 1.807) is 6.20 Å². The first kappa shape index (κ1) is 23.8. The standard InChI is InChI=1S/C25H33N7O2.H2/c1-6-22(33)32-12-11-31(15-20(32)16(2)3)21-14-27-17(4)23(28-21)25-30-29-24(34-25)19-9-7-18(8-10-19)13-26-5;/h7-10,14,16,20,26H,6,11-13,15H2,1-5H3;1H/t20-;/m0./s1. The second-order valence-electron chi connectivity index (χ2n) is 9.00. The van der Waals surface area contributed by atoms with E-state index >= 15 is 0 Å². The number of nitrogens with one attached hydrogen (secondary N) is 1. The van der Waals surface area contributed by atoms with Gasteiger partial charge in [-0.05, 0) is 37.6 Å². The molecule has 1 aromatic carbocycles. The van der Waals surface area contributed by atoms with Crippen molar-refractivity contribution in [2.75, 3.05) is 31.6 Å². The molecular weight excluding hydrogens is 430 g/mol. The van der Waals surface area contributed by atoms with Gasteiger partial charge < -0.3 is 19.5 Å². The highest BCUT2D eigenvalue weighted by atomic mass is 16.4. The van der Waals surface area contributed by atoms with Crippen molar-refractivity contribution < 1.29 is 10.6 Å². The van der Waals surface area contributed by atoms with E-state index in [0.717, 1.165) is 23.6 Å². The molecule has 1 fully saturated rings. The molecule has 0 radical (unpaired) electrons. The molecule has 0 bridgehead atoms. The predicted molar refractivity (Wildman–Crippen MR) is 133 cm³/mol. The van der Waals surface area contributed by atoms with Crippen LogP contribution in [0.3, 0.4) is 0 Å². The van der Waals surface area contributed by atoms with E-state index < -0.39 is 0 Å². The monoisotopic (exact) mass is 465 g/mol. The Hall–Kier alpha value is -3.33. The zero-order valence-electron chi connectivity index (χ0n) is 20.6. The molecule has 1 saturated heterocycles.